The van der Waals surface area contributed by atoms with Crippen molar-refractivity contribution >= 4 is 53.3 Å². The lowest BCUT2D eigenvalue weighted by Gasteiger charge is -2.11. The highest BCUT2D eigenvalue weighted by molar-refractivity contribution is 7.26. The number of nitriles is 1. The van der Waals surface area contributed by atoms with Crippen LogP contribution in [0.15, 0.2) is 164 Å². The molecule has 0 saturated carbocycles. The quantitative estimate of drug-likeness (QED) is 0.181. The summed E-state index contributed by atoms with van der Waals surface area (Å²) in [6, 6.07) is 58.7. The Morgan fingerprint density at radius 1 is 0.462 bits per heavy atom. The summed E-state index contributed by atoms with van der Waals surface area (Å²) in [4.78, 5) is 14.7. The van der Waals surface area contributed by atoms with Gasteiger partial charge in [-0.2, -0.15) is 5.26 Å². The third-order valence-electron chi connectivity index (χ3n) is 9.69. The van der Waals surface area contributed by atoms with Crippen LogP contribution in [0.2, 0.25) is 0 Å². The molecule has 242 valence electrons. The average Bonchev–Trinajstić information content (AvgIpc) is 3.77. The van der Waals surface area contributed by atoms with Gasteiger partial charge in [-0.3, -0.25) is 0 Å². The Kier molecular flexibility index (Phi) is 6.98. The van der Waals surface area contributed by atoms with Crippen LogP contribution in [0.5, 0.6) is 0 Å². The van der Waals surface area contributed by atoms with Crippen molar-refractivity contribution in [1.29, 1.82) is 5.26 Å². The van der Waals surface area contributed by atoms with Crippen LogP contribution < -0.4 is 0 Å². The van der Waals surface area contributed by atoms with Gasteiger partial charge in [0, 0.05) is 53.3 Å². The standard InChI is InChI=1S/C46H27N5S/c47-28-29-10-8-13-33(26-29)46-49-44(30-11-2-1-3-12-30)48-45(50-46)31-20-23-34(24-21-31)51-40-18-6-4-14-36(40)37-25-22-32(27-41(37)51)35-16-9-17-39-38-15-5-7-19-42(38)52-43(35)39/h1-27H. The van der Waals surface area contributed by atoms with Gasteiger partial charge in [-0.05, 0) is 65.7 Å². The number of hydrogen-bond donors (Lipinski definition) is 0. The van der Waals surface area contributed by atoms with Crippen LogP contribution in [0, 0.1) is 11.3 Å². The smallest absolute Gasteiger partial charge is 0.164 e. The van der Waals surface area contributed by atoms with Gasteiger partial charge in [-0.1, -0.05) is 109 Å². The number of fused-ring (bicyclic) bond motifs is 6. The van der Waals surface area contributed by atoms with Crippen LogP contribution in [0.3, 0.4) is 0 Å². The van der Waals surface area contributed by atoms with E-state index >= 15 is 0 Å². The van der Waals surface area contributed by atoms with Crippen molar-refractivity contribution in [2.45, 2.75) is 0 Å². The lowest BCUT2D eigenvalue weighted by atomic mass is 10.0. The molecule has 3 aromatic heterocycles. The van der Waals surface area contributed by atoms with Gasteiger partial charge in [-0.15, -0.1) is 11.3 Å². The topological polar surface area (TPSA) is 67.4 Å². The molecule has 5 nitrogen and oxygen atoms in total. The van der Waals surface area contributed by atoms with Gasteiger partial charge >= 0.3 is 0 Å². The van der Waals surface area contributed by atoms with Crippen LogP contribution in [-0.2, 0) is 0 Å². The average molecular weight is 682 g/mol. The van der Waals surface area contributed by atoms with Gasteiger partial charge < -0.3 is 4.57 Å². The van der Waals surface area contributed by atoms with E-state index < -0.39 is 0 Å². The first kappa shape index (κ1) is 29.9. The first-order chi connectivity index (χ1) is 25.7. The van der Waals surface area contributed by atoms with E-state index in [4.69, 9.17) is 15.0 Å². The number of hydrogen-bond acceptors (Lipinski definition) is 5. The van der Waals surface area contributed by atoms with Gasteiger partial charge in [0.05, 0.1) is 22.7 Å². The van der Waals surface area contributed by atoms with E-state index in [9.17, 15) is 5.26 Å². The number of rotatable bonds is 5. The zero-order valence-electron chi connectivity index (χ0n) is 27.7. The molecule has 0 fully saturated rings. The molecule has 52 heavy (non-hydrogen) atoms. The van der Waals surface area contributed by atoms with Gasteiger partial charge in [0.1, 0.15) is 0 Å². The van der Waals surface area contributed by atoms with E-state index in [1.165, 1.54) is 42.1 Å². The minimum Gasteiger partial charge on any atom is -0.309 e. The third kappa shape index (κ3) is 4.95. The maximum absolute atomic E-state index is 9.55. The molecule has 0 amide bonds. The molecule has 0 unspecified atom stereocenters. The van der Waals surface area contributed by atoms with Crippen LogP contribution in [0.25, 0.3) is 93.0 Å². The fourth-order valence-electron chi connectivity index (χ4n) is 7.23. The molecule has 10 aromatic rings. The maximum Gasteiger partial charge on any atom is 0.164 e. The number of para-hydroxylation sites is 1. The zero-order valence-corrected chi connectivity index (χ0v) is 28.5. The van der Waals surface area contributed by atoms with Crippen molar-refractivity contribution in [2.24, 2.45) is 0 Å². The van der Waals surface area contributed by atoms with Gasteiger partial charge in [0.15, 0.2) is 17.5 Å². The van der Waals surface area contributed by atoms with Crippen molar-refractivity contribution in [3.8, 4) is 57.0 Å². The summed E-state index contributed by atoms with van der Waals surface area (Å²) >= 11 is 1.86. The highest BCUT2D eigenvalue weighted by Gasteiger charge is 2.17. The first-order valence-electron chi connectivity index (χ1n) is 17.1. The number of benzene rings is 7. The van der Waals surface area contributed by atoms with Crippen molar-refractivity contribution < 1.29 is 0 Å². The summed E-state index contributed by atoms with van der Waals surface area (Å²) in [6.07, 6.45) is 0. The number of aromatic nitrogens is 4. The predicted octanol–water partition coefficient (Wildman–Crippen LogP) is 11.9. The monoisotopic (exact) mass is 681 g/mol. The molecular weight excluding hydrogens is 655 g/mol. The van der Waals surface area contributed by atoms with Gasteiger partial charge in [0.25, 0.3) is 0 Å². The summed E-state index contributed by atoms with van der Waals surface area (Å²) in [5.74, 6) is 1.67. The molecule has 0 saturated heterocycles. The van der Waals surface area contributed by atoms with Crippen LogP contribution in [0.4, 0.5) is 0 Å². The van der Waals surface area contributed by atoms with Crippen molar-refractivity contribution in [1.82, 2.24) is 19.5 Å². The van der Waals surface area contributed by atoms with E-state index in [1.54, 1.807) is 6.07 Å². The largest absolute Gasteiger partial charge is 0.309 e. The summed E-state index contributed by atoms with van der Waals surface area (Å²) in [6.45, 7) is 0. The molecule has 6 heteroatoms. The number of thiophene rings is 1. The van der Waals surface area contributed by atoms with E-state index in [1.807, 2.05) is 59.9 Å². The Hall–Kier alpha value is -6.94. The van der Waals surface area contributed by atoms with Crippen LogP contribution >= 0.6 is 11.3 Å². The Bertz CT molecular complexity index is 3020. The molecular formula is C46H27N5S. The van der Waals surface area contributed by atoms with E-state index in [2.05, 4.69) is 120 Å². The molecule has 0 aliphatic heterocycles. The van der Waals surface area contributed by atoms with Crippen LogP contribution in [-0.4, -0.2) is 19.5 Å². The molecule has 10 rings (SSSR count). The normalized spacial score (nSPS) is 11.4. The SMILES string of the molecule is N#Cc1cccc(-c2nc(-c3ccccc3)nc(-c3ccc(-n4c5ccccc5c5ccc(-c6cccc7c6sc6ccccc67)cc54)cc3)n2)c1. The second-order valence-corrected chi connectivity index (χ2v) is 13.8. The lowest BCUT2D eigenvalue weighted by Crippen LogP contribution is -2.00. The molecule has 7 aromatic carbocycles. The molecule has 0 spiro atoms. The summed E-state index contributed by atoms with van der Waals surface area (Å²) in [7, 11) is 0. The second kappa shape index (κ2) is 12.1. The lowest BCUT2D eigenvalue weighted by molar-refractivity contribution is 1.07. The fraction of sp³-hybridized carbons (Fsp3) is 0. The summed E-state index contributed by atoms with van der Waals surface area (Å²) in [5, 5.41) is 14.6. The highest BCUT2D eigenvalue weighted by Crippen LogP contribution is 2.42. The molecule has 0 bridgehead atoms. The Labute approximate surface area is 303 Å². The number of nitrogens with zero attached hydrogens (tertiary/aromatic N) is 5. The minimum absolute atomic E-state index is 0.522. The van der Waals surface area contributed by atoms with E-state index in [0.717, 1.165) is 33.4 Å². The van der Waals surface area contributed by atoms with Crippen molar-refractivity contribution in [3.05, 3.63) is 169 Å². The predicted molar refractivity (Wildman–Crippen MR) is 214 cm³/mol. The second-order valence-electron chi connectivity index (χ2n) is 12.8. The van der Waals surface area contributed by atoms with Crippen molar-refractivity contribution in [2.75, 3.05) is 0 Å². The molecule has 0 atom stereocenters. The fourth-order valence-corrected chi connectivity index (χ4v) is 8.47. The Morgan fingerprint density at radius 2 is 1.08 bits per heavy atom. The minimum atomic E-state index is 0.522. The van der Waals surface area contributed by atoms with E-state index in [-0.39, 0.29) is 0 Å². The molecule has 0 radical (unpaired) electrons. The zero-order chi connectivity index (χ0) is 34.6. The molecule has 0 N–H and O–H groups in total. The maximum atomic E-state index is 9.55. The first-order valence-corrected chi connectivity index (χ1v) is 17.9. The highest BCUT2D eigenvalue weighted by atomic mass is 32.1. The summed E-state index contributed by atoms with van der Waals surface area (Å²) < 4.78 is 4.96. The van der Waals surface area contributed by atoms with Gasteiger partial charge in [0.2, 0.25) is 0 Å². The van der Waals surface area contributed by atoms with Gasteiger partial charge in [-0.25, -0.2) is 15.0 Å². The van der Waals surface area contributed by atoms with Crippen molar-refractivity contribution in [3.63, 3.8) is 0 Å². The third-order valence-corrected chi connectivity index (χ3v) is 10.9. The molecule has 0 aliphatic rings. The summed E-state index contributed by atoms with van der Waals surface area (Å²) in [5.41, 5.74) is 8.87. The Morgan fingerprint density at radius 3 is 1.88 bits per heavy atom. The molecule has 3 heterocycles. The van der Waals surface area contributed by atoms with E-state index in [0.29, 0.717) is 23.0 Å². The van der Waals surface area contributed by atoms with Crippen LogP contribution in [0.1, 0.15) is 5.56 Å². The Balaban J connectivity index is 1.11. The molecule has 0 aliphatic carbocycles.